The molecular weight excluding hydrogens is 284 g/mol. The number of hydrogen-bond donors (Lipinski definition) is 2. The van der Waals surface area contributed by atoms with Crippen LogP contribution in [0.4, 0.5) is 5.69 Å². The number of fused-ring (bicyclic) bond motifs is 2. The number of aryl methyl sites for hydroxylation is 1. The molecule has 2 aromatic heterocycles. The largest absolute Gasteiger partial charge is 0.398 e. The zero-order valence-electron chi connectivity index (χ0n) is 12.8. The predicted molar refractivity (Wildman–Crippen MR) is 94.6 cm³/mol. The van der Waals surface area contributed by atoms with E-state index in [4.69, 9.17) is 5.73 Å². The summed E-state index contributed by atoms with van der Waals surface area (Å²) in [5.74, 6) is 0. The summed E-state index contributed by atoms with van der Waals surface area (Å²) >= 11 is 0. The Balaban J connectivity index is 1.82. The third kappa shape index (κ3) is 2.25. The molecule has 4 rings (SSSR count). The second kappa shape index (κ2) is 5.25. The molecule has 0 spiro atoms. The van der Waals surface area contributed by atoms with E-state index in [1.54, 1.807) is 0 Å². The van der Waals surface area contributed by atoms with Gasteiger partial charge in [-0.3, -0.25) is 5.10 Å². The molecule has 0 amide bonds. The van der Waals surface area contributed by atoms with Gasteiger partial charge in [-0.1, -0.05) is 30.3 Å². The number of aromatic amines is 1. The number of pyridine rings is 1. The van der Waals surface area contributed by atoms with Crippen molar-refractivity contribution in [1.82, 2.24) is 10.2 Å². The zero-order valence-corrected chi connectivity index (χ0v) is 12.8. The maximum absolute atomic E-state index is 6.20. The Morgan fingerprint density at radius 1 is 1.00 bits per heavy atom. The van der Waals surface area contributed by atoms with E-state index in [0.717, 1.165) is 38.9 Å². The molecule has 4 heteroatoms. The first-order valence-electron chi connectivity index (χ1n) is 7.52. The summed E-state index contributed by atoms with van der Waals surface area (Å²) in [5.41, 5.74) is 11.1. The van der Waals surface area contributed by atoms with Gasteiger partial charge in [0.2, 0.25) is 11.2 Å². The summed E-state index contributed by atoms with van der Waals surface area (Å²) in [6, 6.07) is 18.2. The zero-order chi connectivity index (χ0) is 15.8. The van der Waals surface area contributed by atoms with E-state index in [0.29, 0.717) is 0 Å². The topological polar surface area (TPSA) is 58.6 Å². The quantitative estimate of drug-likeness (QED) is 0.558. The molecule has 2 aromatic carbocycles. The number of para-hydroxylation sites is 2. The Morgan fingerprint density at radius 3 is 2.61 bits per heavy atom. The molecule has 0 aliphatic rings. The van der Waals surface area contributed by atoms with Crippen LogP contribution >= 0.6 is 0 Å². The van der Waals surface area contributed by atoms with Crippen LogP contribution in [0.25, 0.3) is 34.0 Å². The Morgan fingerprint density at radius 2 is 1.74 bits per heavy atom. The molecule has 2 heterocycles. The molecular formula is C19H17N4+. The minimum Gasteiger partial charge on any atom is -0.398 e. The van der Waals surface area contributed by atoms with Crippen LogP contribution in [0, 0.1) is 0 Å². The number of H-pyrrole nitrogens is 1. The normalized spacial score (nSPS) is 11.7. The van der Waals surface area contributed by atoms with Crippen molar-refractivity contribution >= 4 is 39.6 Å². The highest BCUT2D eigenvalue weighted by Gasteiger charge is 2.12. The summed E-state index contributed by atoms with van der Waals surface area (Å²) in [4.78, 5) is 0. The highest BCUT2D eigenvalue weighted by molar-refractivity contribution is 5.91. The molecule has 0 fully saturated rings. The third-order valence-electron chi connectivity index (χ3n) is 4.18. The standard InChI is InChI=1S/C19H16N4/c1-23-13(12-16(20)14-6-3-5-9-19(14)23)10-11-18-15-7-2-4-8-17(15)21-22-18/h2-12H,1H3,(H2,20,21,22)/p+1. The van der Waals surface area contributed by atoms with Gasteiger partial charge in [-0.2, -0.15) is 9.67 Å². The van der Waals surface area contributed by atoms with Crippen LogP contribution in [0.3, 0.4) is 0 Å². The van der Waals surface area contributed by atoms with Crippen LogP contribution in [0.1, 0.15) is 11.4 Å². The van der Waals surface area contributed by atoms with Gasteiger partial charge in [-0.25, -0.2) is 0 Å². The fourth-order valence-corrected chi connectivity index (χ4v) is 2.92. The van der Waals surface area contributed by atoms with Crippen molar-refractivity contribution in [3.8, 4) is 0 Å². The lowest BCUT2D eigenvalue weighted by atomic mass is 10.1. The van der Waals surface area contributed by atoms with Gasteiger partial charge in [-0.05, 0) is 18.2 Å². The summed E-state index contributed by atoms with van der Waals surface area (Å²) in [5, 5.41) is 9.60. The molecule has 0 unspecified atom stereocenters. The van der Waals surface area contributed by atoms with Crippen LogP contribution in [0.2, 0.25) is 0 Å². The molecule has 0 radical (unpaired) electrons. The number of benzene rings is 2. The van der Waals surface area contributed by atoms with E-state index in [1.807, 2.05) is 61.7 Å². The van der Waals surface area contributed by atoms with Gasteiger partial charge in [0, 0.05) is 23.6 Å². The molecule has 0 bridgehead atoms. The number of nitrogens with one attached hydrogen (secondary N) is 1. The number of nitrogens with two attached hydrogens (primary N) is 1. The van der Waals surface area contributed by atoms with Crippen molar-refractivity contribution in [3.05, 3.63) is 66.0 Å². The summed E-state index contributed by atoms with van der Waals surface area (Å²) < 4.78 is 2.14. The van der Waals surface area contributed by atoms with Crippen LogP contribution in [0.5, 0.6) is 0 Å². The Hall–Kier alpha value is -3.14. The molecule has 0 aliphatic heterocycles. The average molecular weight is 301 g/mol. The number of nitrogen functional groups attached to an aromatic ring is 1. The number of aromatic nitrogens is 3. The van der Waals surface area contributed by atoms with Gasteiger partial charge in [0.1, 0.15) is 7.05 Å². The summed E-state index contributed by atoms with van der Waals surface area (Å²) in [6.07, 6.45) is 4.06. The SMILES string of the molecule is C[n+]1c(/C=C/c2n[nH]c3ccccc23)cc(N)c2ccccc21. The molecule has 0 atom stereocenters. The summed E-state index contributed by atoms with van der Waals surface area (Å²) in [6.45, 7) is 0. The molecule has 23 heavy (non-hydrogen) atoms. The van der Waals surface area contributed by atoms with E-state index in [1.165, 1.54) is 0 Å². The monoisotopic (exact) mass is 301 g/mol. The molecule has 0 saturated carbocycles. The van der Waals surface area contributed by atoms with Gasteiger partial charge in [0.25, 0.3) is 0 Å². The average Bonchev–Trinajstić information content (AvgIpc) is 3.00. The predicted octanol–water partition coefficient (Wildman–Crippen LogP) is 3.29. The van der Waals surface area contributed by atoms with Crippen molar-refractivity contribution in [2.24, 2.45) is 7.05 Å². The van der Waals surface area contributed by atoms with Gasteiger partial charge < -0.3 is 5.73 Å². The number of rotatable bonds is 2. The second-order valence-electron chi connectivity index (χ2n) is 5.59. The molecule has 0 aliphatic carbocycles. The van der Waals surface area contributed by atoms with Gasteiger partial charge >= 0.3 is 0 Å². The number of nitrogens with zero attached hydrogens (tertiary/aromatic N) is 2. The van der Waals surface area contributed by atoms with Crippen LogP contribution in [-0.4, -0.2) is 10.2 Å². The van der Waals surface area contributed by atoms with Crippen LogP contribution < -0.4 is 10.3 Å². The maximum atomic E-state index is 6.20. The van der Waals surface area contributed by atoms with Crippen molar-refractivity contribution in [3.63, 3.8) is 0 Å². The lowest BCUT2D eigenvalue weighted by molar-refractivity contribution is -0.646. The first-order valence-corrected chi connectivity index (χ1v) is 7.52. The minimum absolute atomic E-state index is 0.783. The van der Waals surface area contributed by atoms with Gasteiger partial charge in [-0.15, -0.1) is 0 Å². The Bertz CT molecular complexity index is 1040. The molecule has 4 nitrogen and oxygen atoms in total. The lowest BCUT2D eigenvalue weighted by Crippen LogP contribution is -2.33. The highest BCUT2D eigenvalue weighted by Crippen LogP contribution is 2.21. The van der Waals surface area contributed by atoms with Crippen molar-refractivity contribution in [1.29, 1.82) is 0 Å². The molecule has 3 N–H and O–H groups in total. The fourth-order valence-electron chi connectivity index (χ4n) is 2.92. The third-order valence-corrected chi connectivity index (χ3v) is 4.18. The van der Waals surface area contributed by atoms with Crippen LogP contribution in [-0.2, 0) is 7.05 Å². The minimum atomic E-state index is 0.783. The molecule has 0 saturated heterocycles. The smallest absolute Gasteiger partial charge is 0.214 e. The molecule has 112 valence electrons. The Labute approximate surface area is 133 Å². The van der Waals surface area contributed by atoms with Crippen molar-refractivity contribution < 1.29 is 4.57 Å². The number of anilines is 1. The number of hydrogen-bond acceptors (Lipinski definition) is 2. The van der Waals surface area contributed by atoms with Crippen molar-refractivity contribution in [2.75, 3.05) is 5.73 Å². The second-order valence-corrected chi connectivity index (χ2v) is 5.59. The lowest BCUT2D eigenvalue weighted by Gasteiger charge is -2.03. The molecule has 4 aromatic rings. The highest BCUT2D eigenvalue weighted by atomic mass is 15.1. The van der Waals surface area contributed by atoms with E-state index < -0.39 is 0 Å². The first kappa shape index (κ1) is 13.5. The van der Waals surface area contributed by atoms with Crippen LogP contribution in [0.15, 0.2) is 54.6 Å². The van der Waals surface area contributed by atoms with Gasteiger partial charge in [0.05, 0.1) is 22.3 Å². The fraction of sp³-hybridized carbons (Fsp3) is 0.0526. The first-order chi connectivity index (χ1) is 11.2. The van der Waals surface area contributed by atoms with E-state index in [-0.39, 0.29) is 0 Å². The maximum Gasteiger partial charge on any atom is 0.214 e. The van der Waals surface area contributed by atoms with Gasteiger partial charge in [0.15, 0.2) is 0 Å². The van der Waals surface area contributed by atoms with E-state index in [9.17, 15) is 0 Å². The van der Waals surface area contributed by atoms with E-state index in [2.05, 4.69) is 26.9 Å². The summed E-state index contributed by atoms with van der Waals surface area (Å²) in [7, 11) is 2.05. The van der Waals surface area contributed by atoms with Crippen molar-refractivity contribution in [2.45, 2.75) is 0 Å². The van der Waals surface area contributed by atoms with E-state index >= 15 is 0 Å². The Kier molecular flexibility index (Phi) is 3.08.